The van der Waals surface area contributed by atoms with Crippen LogP contribution in [0.3, 0.4) is 0 Å². The number of allylic oxidation sites excluding steroid dienone is 1. The van der Waals surface area contributed by atoms with Gasteiger partial charge in [-0.05, 0) is 29.0 Å². The average Bonchev–Trinajstić information content (AvgIpc) is 3.57. The molecule has 2 fully saturated rings. The number of benzene rings is 1. The number of esters is 1. The van der Waals surface area contributed by atoms with Crippen LogP contribution in [0.1, 0.15) is 25.7 Å². The van der Waals surface area contributed by atoms with E-state index in [1.165, 1.54) is 17.9 Å². The number of rotatable bonds is 8. The van der Waals surface area contributed by atoms with Gasteiger partial charge in [-0.15, -0.1) is 23.5 Å². The predicted octanol–water partition coefficient (Wildman–Crippen LogP) is 4.80. The van der Waals surface area contributed by atoms with Crippen molar-refractivity contribution in [3.63, 3.8) is 0 Å². The van der Waals surface area contributed by atoms with Gasteiger partial charge < -0.3 is 23.7 Å². The van der Waals surface area contributed by atoms with Crippen molar-refractivity contribution in [3.05, 3.63) is 41.7 Å². The minimum Gasteiger partial charge on any atom is -0.498 e. The fourth-order valence-electron chi connectivity index (χ4n) is 7.25. The van der Waals surface area contributed by atoms with Crippen molar-refractivity contribution in [1.29, 1.82) is 0 Å². The van der Waals surface area contributed by atoms with Gasteiger partial charge in [0, 0.05) is 39.4 Å². The van der Waals surface area contributed by atoms with Gasteiger partial charge >= 0.3 is 5.97 Å². The first-order valence-electron chi connectivity index (χ1n) is 13.3. The lowest BCUT2D eigenvalue weighted by Gasteiger charge is -2.51. The fraction of sp³-hybridized carbons (Fsp3) is 0.679. The van der Waals surface area contributed by atoms with Crippen molar-refractivity contribution in [2.75, 3.05) is 46.0 Å². The normalized spacial score (nSPS) is 31.1. The Morgan fingerprint density at radius 3 is 2.49 bits per heavy atom. The molecule has 204 valence electrons. The highest BCUT2D eigenvalue weighted by Crippen LogP contribution is 2.66. The Morgan fingerprint density at radius 2 is 1.84 bits per heavy atom. The van der Waals surface area contributed by atoms with Crippen molar-refractivity contribution in [2.24, 2.45) is 11.3 Å². The maximum absolute atomic E-state index is 14.1. The van der Waals surface area contributed by atoms with Crippen LogP contribution in [-0.2, 0) is 28.5 Å². The van der Waals surface area contributed by atoms with Gasteiger partial charge in [-0.3, -0.25) is 4.79 Å². The number of carbonyl (C=O) groups excluding carboxylic acids is 1. The van der Waals surface area contributed by atoms with Crippen molar-refractivity contribution in [3.8, 4) is 0 Å². The molecule has 3 aliphatic heterocycles. The third-order valence-electron chi connectivity index (χ3n) is 9.10. The van der Waals surface area contributed by atoms with E-state index in [4.69, 9.17) is 23.7 Å². The average molecular weight is 565 g/mol. The fourth-order valence-corrected chi connectivity index (χ4v) is 14.6. The third kappa shape index (κ3) is 4.51. The van der Waals surface area contributed by atoms with Crippen molar-refractivity contribution >= 4 is 42.8 Å². The molecule has 4 atom stereocenters. The highest BCUT2D eigenvalue weighted by Gasteiger charge is 2.70. The zero-order chi connectivity index (χ0) is 26.3. The van der Waals surface area contributed by atoms with Crippen LogP contribution in [0.2, 0.25) is 18.6 Å². The van der Waals surface area contributed by atoms with Gasteiger partial charge in [-0.1, -0.05) is 48.6 Å². The number of carbonyl (C=O) groups is 1. The standard InChI is InChI=1S/C28H40O6S2Si/c1-30-23(31-2)17-28(35-14-9-15-36-28)25-24-20-12-13-33-21(20)16-22(27(24,18-34-25)26(29)32-3)37(4,5)19-10-7-6-8-11-19/h6-8,10-11,22-25H,9,12-18H2,1-5H3/t22-,24+,25-,27+/m1/s1. The quantitative estimate of drug-likeness (QED) is 0.254. The number of thioether (sulfide) groups is 2. The van der Waals surface area contributed by atoms with E-state index in [2.05, 4.69) is 43.4 Å². The van der Waals surface area contributed by atoms with Crippen molar-refractivity contribution < 1.29 is 28.5 Å². The number of ether oxygens (including phenoxy) is 5. The Morgan fingerprint density at radius 1 is 1.14 bits per heavy atom. The van der Waals surface area contributed by atoms with Gasteiger partial charge in [-0.25, -0.2) is 0 Å². The SMILES string of the molecule is COC(=O)[C@]12CO[C@@H](C3(CC(OC)OC)SCCCS3)[C@@H]1C1=C(C[C@H]2[Si](C)(C)c2ccccc2)OCC1. The highest BCUT2D eigenvalue weighted by molar-refractivity contribution is 8.18. The lowest BCUT2D eigenvalue weighted by atomic mass is 9.63. The van der Waals surface area contributed by atoms with E-state index in [0.29, 0.717) is 19.6 Å². The molecular weight excluding hydrogens is 525 g/mol. The molecule has 1 aliphatic carbocycles. The maximum atomic E-state index is 14.1. The van der Waals surface area contributed by atoms with Crippen LogP contribution in [0, 0.1) is 11.3 Å². The van der Waals surface area contributed by atoms with Crippen LogP contribution < -0.4 is 5.19 Å². The van der Waals surface area contributed by atoms with Crippen molar-refractivity contribution in [1.82, 2.24) is 0 Å². The molecule has 4 aliphatic rings. The molecule has 0 amide bonds. The number of hydrogen-bond donors (Lipinski definition) is 0. The summed E-state index contributed by atoms with van der Waals surface area (Å²) < 4.78 is 30.0. The number of hydrogen-bond acceptors (Lipinski definition) is 8. The second-order valence-corrected chi connectivity index (χ2v) is 18.9. The number of methoxy groups -OCH3 is 3. The first-order valence-corrected chi connectivity index (χ1v) is 18.3. The van der Waals surface area contributed by atoms with E-state index in [9.17, 15) is 4.79 Å². The maximum Gasteiger partial charge on any atom is 0.314 e. The second-order valence-electron chi connectivity index (χ2n) is 11.1. The monoisotopic (exact) mass is 564 g/mol. The molecule has 37 heavy (non-hydrogen) atoms. The van der Waals surface area contributed by atoms with Gasteiger partial charge in [0.25, 0.3) is 0 Å². The smallest absolute Gasteiger partial charge is 0.314 e. The van der Waals surface area contributed by atoms with Gasteiger partial charge in [-0.2, -0.15) is 0 Å². The highest BCUT2D eigenvalue weighted by atomic mass is 32.2. The van der Waals surface area contributed by atoms with Gasteiger partial charge in [0.05, 0.1) is 44.3 Å². The summed E-state index contributed by atoms with van der Waals surface area (Å²) in [5.41, 5.74) is 0.635. The van der Waals surface area contributed by atoms with E-state index in [0.717, 1.165) is 36.5 Å². The molecule has 0 aromatic heterocycles. The van der Waals surface area contributed by atoms with Crippen LogP contribution in [0.4, 0.5) is 0 Å². The summed E-state index contributed by atoms with van der Waals surface area (Å²) in [6.07, 6.45) is 2.98. The third-order valence-corrected chi connectivity index (χ3v) is 16.8. The molecular formula is C28H40O6S2Si. The Bertz CT molecular complexity index is 1010. The van der Waals surface area contributed by atoms with Crippen LogP contribution in [0.25, 0.3) is 0 Å². The Hall–Kier alpha value is -0.973. The Kier molecular flexibility index (Phi) is 8.12. The van der Waals surface area contributed by atoms with Gasteiger partial charge in [0.1, 0.15) is 5.41 Å². The molecule has 0 N–H and O–H groups in total. The van der Waals surface area contributed by atoms with Crippen molar-refractivity contribution in [2.45, 2.75) is 60.8 Å². The van der Waals surface area contributed by atoms with Gasteiger partial charge in [0.15, 0.2) is 6.29 Å². The molecule has 0 radical (unpaired) electrons. The molecule has 1 aromatic rings. The summed E-state index contributed by atoms with van der Waals surface area (Å²) in [5, 5.41) is 1.35. The number of fused-ring (bicyclic) bond motifs is 2. The molecule has 2 saturated heterocycles. The topological polar surface area (TPSA) is 63.2 Å². The molecule has 5 rings (SSSR count). The molecule has 9 heteroatoms. The summed E-state index contributed by atoms with van der Waals surface area (Å²) in [6.45, 7) is 5.85. The first-order chi connectivity index (χ1) is 17.8. The van der Waals surface area contributed by atoms with Crippen LogP contribution in [-0.4, -0.2) is 76.6 Å². The first kappa shape index (κ1) is 27.6. The second kappa shape index (κ2) is 10.9. The molecule has 0 bridgehead atoms. The minimum absolute atomic E-state index is 0.0841. The van der Waals surface area contributed by atoms with E-state index in [-0.39, 0.29) is 33.9 Å². The van der Waals surface area contributed by atoms with Crippen LogP contribution >= 0.6 is 23.5 Å². The zero-order valence-electron chi connectivity index (χ0n) is 22.6. The summed E-state index contributed by atoms with van der Waals surface area (Å²) in [7, 11) is 2.75. The Labute approximate surface area is 230 Å². The van der Waals surface area contributed by atoms with Crippen LogP contribution in [0.15, 0.2) is 41.7 Å². The zero-order valence-corrected chi connectivity index (χ0v) is 25.3. The molecule has 0 unspecified atom stereocenters. The van der Waals surface area contributed by atoms with Gasteiger partial charge in [0.2, 0.25) is 0 Å². The van der Waals surface area contributed by atoms with E-state index < -0.39 is 13.5 Å². The van der Waals surface area contributed by atoms with Crippen LogP contribution in [0.5, 0.6) is 0 Å². The summed E-state index contributed by atoms with van der Waals surface area (Å²) in [6, 6.07) is 10.7. The Balaban J connectivity index is 1.66. The summed E-state index contributed by atoms with van der Waals surface area (Å²) in [4.78, 5) is 14.1. The molecule has 0 spiro atoms. The molecule has 6 nitrogen and oxygen atoms in total. The largest absolute Gasteiger partial charge is 0.498 e. The van der Waals surface area contributed by atoms with E-state index >= 15 is 0 Å². The summed E-state index contributed by atoms with van der Waals surface area (Å²) in [5.74, 6) is 3.00. The minimum atomic E-state index is -2.18. The van der Waals surface area contributed by atoms with E-state index in [1.807, 2.05) is 23.5 Å². The summed E-state index contributed by atoms with van der Waals surface area (Å²) >= 11 is 3.91. The lowest BCUT2D eigenvalue weighted by molar-refractivity contribution is -0.155. The predicted molar refractivity (Wildman–Crippen MR) is 152 cm³/mol. The molecule has 3 heterocycles. The lowest BCUT2D eigenvalue weighted by Crippen LogP contribution is -2.60. The van der Waals surface area contributed by atoms with E-state index in [1.54, 1.807) is 14.2 Å². The molecule has 0 saturated carbocycles. The molecule has 1 aromatic carbocycles.